The largest absolute Gasteiger partial charge is 0.382 e. The van der Waals surface area contributed by atoms with Gasteiger partial charge in [0.25, 0.3) is 0 Å². The highest BCUT2D eigenvalue weighted by Gasteiger charge is 2.23. The lowest BCUT2D eigenvalue weighted by Gasteiger charge is -2.25. The highest BCUT2D eigenvalue weighted by atomic mass is 16.5. The summed E-state index contributed by atoms with van der Waals surface area (Å²) in [4.78, 5) is 11.3. The van der Waals surface area contributed by atoms with E-state index in [1.807, 2.05) is 6.92 Å². The molecule has 0 atom stereocenters. The molecule has 13 heavy (non-hydrogen) atoms. The fourth-order valence-corrected chi connectivity index (χ4v) is 1.15. The van der Waals surface area contributed by atoms with Gasteiger partial charge in [0.15, 0.2) is 0 Å². The molecule has 1 amide bonds. The molecule has 4 nitrogen and oxygen atoms in total. The normalized spacial score (nSPS) is 16.7. The number of rotatable bonds is 6. The monoisotopic (exact) mass is 186 g/mol. The van der Waals surface area contributed by atoms with Crippen molar-refractivity contribution in [2.45, 2.75) is 13.3 Å². The molecular formula is C9H18N2O2. The van der Waals surface area contributed by atoms with E-state index in [2.05, 4.69) is 10.6 Å². The minimum Gasteiger partial charge on any atom is -0.382 e. The van der Waals surface area contributed by atoms with Gasteiger partial charge in [0.2, 0.25) is 5.91 Å². The molecule has 76 valence electrons. The van der Waals surface area contributed by atoms with E-state index in [9.17, 15) is 4.79 Å². The van der Waals surface area contributed by atoms with Crippen LogP contribution in [0.4, 0.5) is 0 Å². The first-order valence-corrected chi connectivity index (χ1v) is 4.90. The minimum atomic E-state index is 0.176. The van der Waals surface area contributed by atoms with Gasteiger partial charge >= 0.3 is 0 Å². The van der Waals surface area contributed by atoms with Gasteiger partial charge in [0.05, 0.1) is 5.92 Å². The summed E-state index contributed by atoms with van der Waals surface area (Å²) >= 11 is 0. The molecule has 0 aliphatic carbocycles. The molecule has 2 N–H and O–H groups in total. The molecule has 0 radical (unpaired) electrons. The second kappa shape index (κ2) is 5.94. The lowest BCUT2D eigenvalue weighted by molar-refractivity contribution is -0.126. The Kier molecular flexibility index (Phi) is 4.78. The predicted molar refractivity (Wildman–Crippen MR) is 50.5 cm³/mol. The summed E-state index contributed by atoms with van der Waals surface area (Å²) in [7, 11) is 0. The van der Waals surface area contributed by atoms with Crippen molar-refractivity contribution in [3.8, 4) is 0 Å². The van der Waals surface area contributed by atoms with E-state index < -0.39 is 0 Å². The van der Waals surface area contributed by atoms with E-state index in [1.54, 1.807) is 0 Å². The average molecular weight is 186 g/mol. The molecule has 0 spiro atoms. The van der Waals surface area contributed by atoms with Gasteiger partial charge in [-0.3, -0.25) is 4.79 Å². The number of carbonyl (C=O) groups is 1. The van der Waals surface area contributed by atoms with Gasteiger partial charge in [-0.2, -0.15) is 0 Å². The number of ether oxygens (including phenoxy) is 1. The van der Waals surface area contributed by atoms with Crippen LogP contribution in [0.5, 0.6) is 0 Å². The number of carbonyl (C=O) groups excluding carboxylic acids is 1. The van der Waals surface area contributed by atoms with Crippen molar-refractivity contribution in [3.63, 3.8) is 0 Å². The van der Waals surface area contributed by atoms with E-state index in [0.29, 0.717) is 0 Å². The van der Waals surface area contributed by atoms with E-state index in [0.717, 1.165) is 39.3 Å². The fraction of sp³-hybridized carbons (Fsp3) is 0.889. The van der Waals surface area contributed by atoms with E-state index in [-0.39, 0.29) is 11.8 Å². The second-order valence-corrected chi connectivity index (χ2v) is 3.20. The zero-order chi connectivity index (χ0) is 9.52. The summed E-state index contributed by atoms with van der Waals surface area (Å²) in [5.74, 6) is 0.377. The third kappa shape index (κ3) is 3.74. The zero-order valence-corrected chi connectivity index (χ0v) is 8.14. The highest BCUT2D eigenvalue weighted by molar-refractivity contribution is 5.79. The molecule has 0 aromatic heterocycles. The maximum Gasteiger partial charge on any atom is 0.225 e. The summed E-state index contributed by atoms with van der Waals surface area (Å²) in [6, 6.07) is 0. The van der Waals surface area contributed by atoms with Gasteiger partial charge in [-0.05, 0) is 13.3 Å². The molecule has 1 fully saturated rings. The van der Waals surface area contributed by atoms with Crippen LogP contribution in [0.15, 0.2) is 0 Å². The molecule has 1 saturated heterocycles. The first-order chi connectivity index (χ1) is 6.34. The van der Waals surface area contributed by atoms with Crippen molar-refractivity contribution in [2.75, 3.05) is 32.8 Å². The molecule has 1 aliphatic rings. The Balaban J connectivity index is 1.89. The van der Waals surface area contributed by atoms with Crippen LogP contribution in [-0.2, 0) is 9.53 Å². The topological polar surface area (TPSA) is 50.4 Å². The molecular weight excluding hydrogens is 168 g/mol. The molecule has 1 rings (SSSR count). The number of amides is 1. The fourth-order valence-electron chi connectivity index (χ4n) is 1.15. The number of hydrogen-bond donors (Lipinski definition) is 2. The first-order valence-electron chi connectivity index (χ1n) is 4.90. The van der Waals surface area contributed by atoms with Crippen molar-refractivity contribution in [1.82, 2.24) is 10.6 Å². The van der Waals surface area contributed by atoms with Gasteiger partial charge in [-0.25, -0.2) is 0 Å². The third-order valence-corrected chi connectivity index (χ3v) is 2.12. The molecule has 0 saturated carbocycles. The smallest absolute Gasteiger partial charge is 0.225 e. The Labute approximate surface area is 79.0 Å². The maximum atomic E-state index is 11.3. The summed E-state index contributed by atoms with van der Waals surface area (Å²) < 4.78 is 5.15. The van der Waals surface area contributed by atoms with Crippen LogP contribution in [-0.4, -0.2) is 38.8 Å². The molecule has 0 aromatic carbocycles. The van der Waals surface area contributed by atoms with Gasteiger partial charge < -0.3 is 15.4 Å². The van der Waals surface area contributed by atoms with Gasteiger partial charge in [0, 0.05) is 32.8 Å². The van der Waals surface area contributed by atoms with Crippen LogP contribution in [0.1, 0.15) is 13.3 Å². The summed E-state index contributed by atoms with van der Waals surface area (Å²) in [6.07, 6.45) is 0.903. The average Bonchev–Trinajstić information content (AvgIpc) is 2.01. The number of hydrogen-bond acceptors (Lipinski definition) is 3. The Morgan fingerprint density at radius 3 is 2.92 bits per heavy atom. The highest BCUT2D eigenvalue weighted by Crippen LogP contribution is 2.01. The van der Waals surface area contributed by atoms with Crippen LogP contribution >= 0.6 is 0 Å². The van der Waals surface area contributed by atoms with Gasteiger partial charge in [-0.1, -0.05) is 0 Å². The van der Waals surface area contributed by atoms with E-state index in [4.69, 9.17) is 4.74 Å². The minimum absolute atomic E-state index is 0.176. The second-order valence-electron chi connectivity index (χ2n) is 3.20. The molecule has 0 bridgehead atoms. The van der Waals surface area contributed by atoms with Crippen LogP contribution in [0, 0.1) is 5.92 Å². The molecule has 0 unspecified atom stereocenters. The lowest BCUT2D eigenvalue weighted by atomic mass is 10.0. The molecule has 0 aromatic rings. The SMILES string of the molecule is CCOCCCNC(=O)C1CNC1. The number of nitrogens with one attached hydrogen (secondary N) is 2. The van der Waals surface area contributed by atoms with Crippen molar-refractivity contribution in [3.05, 3.63) is 0 Å². The quantitative estimate of drug-likeness (QED) is 0.562. The zero-order valence-electron chi connectivity index (χ0n) is 8.14. The summed E-state index contributed by atoms with van der Waals surface area (Å²) in [5.41, 5.74) is 0. The standard InChI is InChI=1S/C9H18N2O2/c1-2-13-5-3-4-11-9(12)8-6-10-7-8/h8,10H,2-7H2,1H3,(H,11,12). The van der Waals surface area contributed by atoms with Crippen LogP contribution in [0.3, 0.4) is 0 Å². The van der Waals surface area contributed by atoms with Gasteiger partial charge in [0.1, 0.15) is 0 Å². The Hall–Kier alpha value is -0.610. The maximum absolute atomic E-state index is 11.3. The molecule has 4 heteroatoms. The van der Waals surface area contributed by atoms with E-state index in [1.165, 1.54) is 0 Å². The first kappa shape index (κ1) is 10.5. The van der Waals surface area contributed by atoms with Crippen LogP contribution < -0.4 is 10.6 Å². The Morgan fingerprint density at radius 2 is 2.38 bits per heavy atom. The molecule has 1 aliphatic heterocycles. The Morgan fingerprint density at radius 1 is 1.62 bits per heavy atom. The van der Waals surface area contributed by atoms with Crippen molar-refractivity contribution >= 4 is 5.91 Å². The van der Waals surface area contributed by atoms with Crippen molar-refractivity contribution < 1.29 is 9.53 Å². The van der Waals surface area contributed by atoms with E-state index >= 15 is 0 Å². The molecule has 1 heterocycles. The third-order valence-electron chi connectivity index (χ3n) is 2.12. The van der Waals surface area contributed by atoms with Crippen molar-refractivity contribution in [1.29, 1.82) is 0 Å². The van der Waals surface area contributed by atoms with Crippen molar-refractivity contribution in [2.24, 2.45) is 5.92 Å². The lowest BCUT2D eigenvalue weighted by Crippen LogP contribution is -2.50. The van der Waals surface area contributed by atoms with Crippen LogP contribution in [0.2, 0.25) is 0 Å². The summed E-state index contributed by atoms with van der Waals surface area (Å²) in [5, 5.41) is 5.95. The van der Waals surface area contributed by atoms with Crippen LogP contribution in [0.25, 0.3) is 0 Å². The Bertz CT molecular complexity index is 158. The predicted octanol–water partition coefficient (Wildman–Crippen LogP) is -0.251. The van der Waals surface area contributed by atoms with Gasteiger partial charge in [-0.15, -0.1) is 0 Å². The summed E-state index contributed by atoms with van der Waals surface area (Å²) in [6.45, 7) is 5.85.